The second-order valence-corrected chi connectivity index (χ2v) is 7.48. The van der Waals surface area contributed by atoms with Crippen LogP contribution >= 0.6 is 11.3 Å². The molecule has 3 aromatic rings. The minimum Gasteiger partial charge on any atom is -0.487 e. The Balaban J connectivity index is 1.62. The predicted molar refractivity (Wildman–Crippen MR) is 110 cm³/mol. The van der Waals surface area contributed by atoms with Crippen molar-refractivity contribution in [3.63, 3.8) is 0 Å². The summed E-state index contributed by atoms with van der Waals surface area (Å²) in [5.41, 5.74) is 2.08. The van der Waals surface area contributed by atoms with Gasteiger partial charge in [0.25, 0.3) is 0 Å². The van der Waals surface area contributed by atoms with E-state index in [1.54, 1.807) is 24.3 Å². The maximum absolute atomic E-state index is 13.4. The number of benzene rings is 2. The van der Waals surface area contributed by atoms with Crippen LogP contribution in [0.4, 0.5) is 8.78 Å². The number of aryl methyl sites for hydroxylation is 1. The lowest BCUT2D eigenvalue weighted by Crippen LogP contribution is -2.24. The Labute approximate surface area is 171 Å². The molecule has 0 saturated carbocycles. The Morgan fingerprint density at radius 2 is 2.03 bits per heavy atom. The van der Waals surface area contributed by atoms with Crippen LogP contribution in [0.1, 0.15) is 34.8 Å². The topological polar surface area (TPSA) is 51.2 Å². The Bertz CT molecular complexity index is 1030. The molecule has 1 heterocycles. The van der Waals surface area contributed by atoms with E-state index in [-0.39, 0.29) is 5.91 Å². The van der Waals surface area contributed by atoms with E-state index in [2.05, 4.69) is 10.3 Å². The predicted octanol–water partition coefficient (Wildman–Crippen LogP) is 5.20. The summed E-state index contributed by atoms with van der Waals surface area (Å²) in [6.45, 7) is 3.98. The van der Waals surface area contributed by atoms with Crippen molar-refractivity contribution in [3.05, 3.63) is 87.4 Å². The lowest BCUT2D eigenvalue weighted by molar-refractivity contribution is -0.117. The fourth-order valence-electron chi connectivity index (χ4n) is 2.67. The van der Waals surface area contributed by atoms with Crippen molar-refractivity contribution in [2.75, 3.05) is 0 Å². The lowest BCUT2D eigenvalue weighted by atomic mass is 10.1. The van der Waals surface area contributed by atoms with Gasteiger partial charge in [0, 0.05) is 17.0 Å². The molecule has 3 rings (SSSR count). The molecule has 0 bridgehead atoms. The molecule has 1 unspecified atom stereocenters. The van der Waals surface area contributed by atoms with Crippen molar-refractivity contribution < 1.29 is 18.3 Å². The van der Waals surface area contributed by atoms with Crippen molar-refractivity contribution in [2.24, 2.45) is 0 Å². The summed E-state index contributed by atoms with van der Waals surface area (Å²) < 4.78 is 32.3. The number of para-hydroxylation sites is 1. The van der Waals surface area contributed by atoms with Gasteiger partial charge in [-0.3, -0.25) is 4.79 Å². The van der Waals surface area contributed by atoms with Crippen LogP contribution in [0.2, 0.25) is 0 Å². The Morgan fingerprint density at radius 3 is 2.76 bits per heavy atom. The number of ether oxygens (including phenoxy) is 1. The van der Waals surface area contributed by atoms with E-state index in [0.717, 1.165) is 28.4 Å². The molecule has 0 spiro atoms. The molecule has 0 radical (unpaired) electrons. The van der Waals surface area contributed by atoms with Crippen LogP contribution in [0, 0.1) is 18.6 Å². The first-order chi connectivity index (χ1) is 13.9. The molecule has 0 fully saturated rings. The van der Waals surface area contributed by atoms with Gasteiger partial charge >= 0.3 is 0 Å². The number of nitrogens with one attached hydrogen (secondary N) is 1. The Kier molecular flexibility index (Phi) is 6.72. The molecule has 1 amide bonds. The van der Waals surface area contributed by atoms with Crippen molar-refractivity contribution in [1.29, 1.82) is 0 Å². The molecule has 7 heteroatoms. The maximum atomic E-state index is 13.4. The second kappa shape index (κ2) is 9.43. The number of amides is 1. The molecule has 1 atom stereocenters. The summed E-state index contributed by atoms with van der Waals surface area (Å²) in [4.78, 5) is 16.6. The monoisotopic (exact) mass is 414 g/mol. The third-order valence-electron chi connectivity index (χ3n) is 4.18. The fraction of sp³-hybridized carbons (Fsp3) is 0.182. The van der Waals surface area contributed by atoms with Crippen LogP contribution in [0.5, 0.6) is 5.75 Å². The summed E-state index contributed by atoms with van der Waals surface area (Å²) in [5, 5.41) is 5.65. The van der Waals surface area contributed by atoms with E-state index in [0.29, 0.717) is 17.9 Å². The summed E-state index contributed by atoms with van der Waals surface area (Å²) >= 11 is 1.56. The van der Waals surface area contributed by atoms with Gasteiger partial charge in [-0.15, -0.1) is 11.3 Å². The van der Waals surface area contributed by atoms with Gasteiger partial charge < -0.3 is 10.1 Å². The number of carbonyl (C=O) groups is 1. The third kappa shape index (κ3) is 5.71. The molecule has 0 saturated heterocycles. The second-order valence-electron chi connectivity index (χ2n) is 6.42. The lowest BCUT2D eigenvalue weighted by Gasteiger charge is -2.13. The van der Waals surface area contributed by atoms with E-state index in [4.69, 9.17) is 4.74 Å². The normalized spacial score (nSPS) is 12.1. The average Bonchev–Trinajstić information content (AvgIpc) is 3.12. The van der Waals surface area contributed by atoms with Crippen molar-refractivity contribution >= 4 is 23.3 Å². The van der Waals surface area contributed by atoms with Gasteiger partial charge in [-0.05, 0) is 43.7 Å². The molecule has 0 aliphatic carbocycles. The van der Waals surface area contributed by atoms with Gasteiger partial charge in [-0.1, -0.05) is 24.3 Å². The van der Waals surface area contributed by atoms with Gasteiger partial charge in [0.15, 0.2) is 11.6 Å². The molecule has 0 aliphatic heterocycles. The van der Waals surface area contributed by atoms with Gasteiger partial charge in [0.1, 0.15) is 12.4 Å². The van der Waals surface area contributed by atoms with Gasteiger partial charge in [0.2, 0.25) is 5.91 Å². The number of rotatable bonds is 7. The summed E-state index contributed by atoms with van der Waals surface area (Å²) in [6.07, 6.45) is 3.03. The Morgan fingerprint density at radius 1 is 1.24 bits per heavy atom. The van der Waals surface area contributed by atoms with E-state index in [1.807, 2.05) is 36.6 Å². The summed E-state index contributed by atoms with van der Waals surface area (Å²) in [6, 6.07) is 10.4. The number of hydrogen-bond acceptors (Lipinski definition) is 4. The number of thiazole rings is 1. The van der Waals surface area contributed by atoms with E-state index < -0.39 is 17.7 Å². The van der Waals surface area contributed by atoms with Gasteiger partial charge in [-0.25, -0.2) is 13.8 Å². The number of carbonyl (C=O) groups excluding carboxylic acids is 1. The standard InChI is InChI=1S/C22H20F2N2O2S/c1-14(17-7-9-19(23)20(24)11-17)25-22(27)10-8-16-5-3-4-6-21(16)28-12-18-13-29-15(2)26-18/h3-11,13-14H,12H2,1-2H3,(H,25,27). The van der Waals surface area contributed by atoms with Crippen LogP contribution in [0.25, 0.3) is 6.08 Å². The summed E-state index contributed by atoms with van der Waals surface area (Å²) in [5.74, 6) is -1.58. The van der Waals surface area contributed by atoms with Crippen LogP contribution in [-0.2, 0) is 11.4 Å². The molecule has 1 aromatic heterocycles. The number of halogens is 2. The first-order valence-corrected chi connectivity index (χ1v) is 9.86. The molecular weight excluding hydrogens is 394 g/mol. The van der Waals surface area contributed by atoms with Gasteiger partial charge in [-0.2, -0.15) is 0 Å². The molecule has 4 nitrogen and oxygen atoms in total. The van der Waals surface area contributed by atoms with E-state index in [1.165, 1.54) is 12.1 Å². The SMILES string of the molecule is Cc1nc(COc2ccccc2C=CC(=O)NC(C)c2ccc(F)c(F)c2)cs1. The zero-order valence-electron chi connectivity index (χ0n) is 16.0. The van der Waals surface area contributed by atoms with Crippen LogP contribution in [0.3, 0.4) is 0 Å². The van der Waals surface area contributed by atoms with Crippen LogP contribution in [0.15, 0.2) is 53.9 Å². The van der Waals surface area contributed by atoms with E-state index >= 15 is 0 Å². The third-order valence-corrected chi connectivity index (χ3v) is 5.00. The number of hydrogen-bond donors (Lipinski definition) is 1. The van der Waals surface area contributed by atoms with Crippen molar-refractivity contribution in [3.8, 4) is 5.75 Å². The maximum Gasteiger partial charge on any atom is 0.244 e. The largest absolute Gasteiger partial charge is 0.487 e. The highest BCUT2D eigenvalue weighted by Crippen LogP contribution is 2.21. The zero-order valence-corrected chi connectivity index (χ0v) is 16.8. The quantitative estimate of drug-likeness (QED) is 0.541. The first kappa shape index (κ1) is 20.7. The highest BCUT2D eigenvalue weighted by atomic mass is 32.1. The summed E-state index contributed by atoms with van der Waals surface area (Å²) in [7, 11) is 0. The Hall–Kier alpha value is -3.06. The highest BCUT2D eigenvalue weighted by Gasteiger charge is 2.11. The molecule has 29 heavy (non-hydrogen) atoms. The number of aromatic nitrogens is 1. The van der Waals surface area contributed by atoms with Crippen molar-refractivity contribution in [2.45, 2.75) is 26.5 Å². The fourth-order valence-corrected chi connectivity index (χ4v) is 3.27. The molecule has 1 N–H and O–H groups in total. The molecule has 0 aliphatic rings. The molecule has 2 aromatic carbocycles. The number of nitrogens with zero attached hydrogens (tertiary/aromatic N) is 1. The molecular formula is C22H20F2N2O2S. The van der Waals surface area contributed by atoms with Crippen molar-refractivity contribution in [1.82, 2.24) is 10.3 Å². The zero-order chi connectivity index (χ0) is 20.8. The average molecular weight is 414 g/mol. The minimum absolute atomic E-state index is 0.342. The molecule has 150 valence electrons. The highest BCUT2D eigenvalue weighted by molar-refractivity contribution is 7.09. The van der Waals surface area contributed by atoms with Crippen LogP contribution < -0.4 is 10.1 Å². The smallest absolute Gasteiger partial charge is 0.244 e. The van der Waals surface area contributed by atoms with E-state index in [9.17, 15) is 13.6 Å². The van der Waals surface area contributed by atoms with Gasteiger partial charge in [0.05, 0.1) is 16.7 Å². The van der Waals surface area contributed by atoms with Crippen LogP contribution in [-0.4, -0.2) is 10.9 Å². The minimum atomic E-state index is -0.944. The first-order valence-electron chi connectivity index (χ1n) is 8.98.